The molecule has 1 aliphatic rings. The Kier molecular flexibility index (Phi) is 39.2. The smallest absolute Gasteiger partial charge is 0.305 e. The second-order valence-corrected chi connectivity index (χ2v) is 34.9. The highest BCUT2D eigenvalue weighted by Crippen LogP contribution is 2.26. The number of nitrogens with two attached hydrogens (primary N) is 1. The lowest BCUT2D eigenvalue weighted by Crippen LogP contribution is -2.61. The number of likely N-dealkylation sites (N-methyl/N-ethyl adjacent to an activating group) is 5. The van der Waals surface area contributed by atoms with Gasteiger partial charge in [-0.1, -0.05) is 168 Å². The van der Waals surface area contributed by atoms with Gasteiger partial charge in [0.05, 0.1) is 48.9 Å². The average molecular weight is 1850 g/mol. The third-order valence-corrected chi connectivity index (χ3v) is 23.7. The Labute approximate surface area is 768 Å². The maximum atomic E-state index is 15.5. The number of aromatic amines is 1. The largest absolute Gasteiger partial charge is 0.508 e. The molecule has 1 fully saturated rings. The molecule has 1 saturated heterocycles. The number of carbonyl (C=O) groups excluding carboxylic acids is 14. The van der Waals surface area contributed by atoms with Gasteiger partial charge in [0.2, 0.25) is 82.7 Å². The number of nitrogens with zero attached hydrogens (tertiary/aromatic N) is 5. The van der Waals surface area contributed by atoms with Crippen LogP contribution >= 0.6 is 23.4 Å². The van der Waals surface area contributed by atoms with Crippen molar-refractivity contribution in [2.75, 3.05) is 66.4 Å². The van der Waals surface area contributed by atoms with Gasteiger partial charge >= 0.3 is 5.97 Å². The number of thioether (sulfide) groups is 1. The molecule has 1 aliphatic heterocycles. The van der Waals surface area contributed by atoms with E-state index in [9.17, 15) is 54.0 Å². The zero-order valence-electron chi connectivity index (χ0n) is 74.8. The fraction of sp³-hybridized carbons (Fsp3) is 0.430. The van der Waals surface area contributed by atoms with E-state index in [1.807, 2.05) is 6.92 Å². The van der Waals surface area contributed by atoms with E-state index in [-0.39, 0.29) is 72.9 Å². The number of aromatic hydroxyl groups is 2. The number of aliphatic hydroxyl groups is 1. The first-order chi connectivity index (χ1) is 62.2. The SMILES string of the molecule is CCCCC1C(=O)N(C)CC(=O)NC(CC(=O)O)C(=O)NC(C(C)C)C(=O)N(C)C(Cc2ccccc2)C(=O)NC(Cc2ccc(O)cc2)C(=O)N(C)CC(=O)NC(Cc2c[nH]c3ccccc23)C(=O)NC(Cc2ccc(O)cc2)C(O)NC(CC(C)C)C(=O)NC(C(=O)NCC(N)=O)CSCC(=O)NC(Cc2ccc(Cl)c(F)c2)C(=O)N(C)C(Cc2ccccc2)C(=O)N1C. The first kappa shape index (κ1) is 103. The number of hydrogen-bond acceptors (Lipinski definition) is 20. The minimum Gasteiger partial charge on any atom is -0.508 e. The molecule has 1 aromatic heterocycles. The highest BCUT2D eigenvalue weighted by Gasteiger charge is 2.42. The Bertz CT molecular complexity index is 5160. The number of phenolic OH excluding ortho intramolecular Hbond substituents is 2. The van der Waals surface area contributed by atoms with Gasteiger partial charge in [-0.2, -0.15) is 0 Å². The number of H-pyrrole nitrogens is 1. The highest BCUT2D eigenvalue weighted by molar-refractivity contribution is 8.00. The summed E-state index contributed by atoms with van der Waals surface area (Å²) in [6.07, 6.45) is -2.19. The molecule has 0 bridgehead atoms. The fourth-order valence-corrected chi connectivity index (χ4v) is 16.1. The number of halogens is 2. The quantitative estimate of drug-likeness (QED) is 0.0438. The number of carboxylic acid groups (broad SMARTS) is 1. The van der Waals surface area contributed by atoms with Crippen molar-refractivity contribution in [1.82, 2.24) is 77.3 Å². The van der Waals surface area contributed by atoms with Crippen LogP contribution < -0.4 is 53.6 Å². The number of hydrogen-bond donors (Lipinski definition) is 15. The molecule has 0 aliphatic carbocycles. The number of aromatic nitrogens is 1. The Morgan fingerprint density at radius 1 is 0.534 bits per heavy atom. The second kappa shape index (κ2) is 49.7. The molecule has 8 rings (SSSR count). The number of aliphatic carboxylic acids is 1. The van der Waals surface area contributed by atoms with Gasteiger partial charge in [0, 0.05) is 90.2 Å². The van der Waals surface area contributed by atoms with Crippen molar-refractivity contribution in [3.8, 4) is 11.5 Å². The Hall–Kier alpha value is -13.0. The number of carboxylic acids is 1. The first-order valence-corrected chi connectivity index (χ1v) is 44.5. The number of aliphatic hydroxyl groups excluding tert-OH is 1. The van der Waals surface area contributed by atoms with E-state index in [0.29, 0.717) is 51.6 Å². The number of fused-ring (bicyclic) bond motifs is 1. The number of para-hydroxylation sites is 1. The molecule has 12 atom stereocenters. The third-order valence-electron chi connectivity index (χ3n) is 22.4. The van der Waals surface area contributed by atoms with E-state index in [2.05, 4.69) is 52.8 Å². The molecule has 14 amide bonds. The lowest BCUT2D eigenvalue weighted by atomic mass is 9.98. The van der Waals surface area contributed by atoms with Crippen molar-refractivity contribution < 1.29 is 96.7 Å². The fourth-order valence-electron chi connectivity index (χ4n) is 15.1. The van der Waals surface area contributed by atoms with Gasteiger partial charge in [-0.3, -0.25) is 77.2 Å². The zero-order chi connectivity index (χ0) is 96.0. The van der Waals surface area contributed by atoms with Gasteiger partial charge in [0.25, 0.3) is 0 Å². The van der Waals surface area contributed by atoms with Crippen LogP contribution in [-0.4, -0.2) is 278 Å². The number of nitrogens with one attached hydrogen (secondary N) is 10. The van der Waals surface area contributed by atoms with Crippen molar-refractivity contribution in [3.05, 3.63) is 202 Å². The zero-order valence-corrected chi connectivity index (χ0v) is 76.4. The van der Waals surface area contributed by atoms with E-state index >= 15 is 42.7 Å². The molecule has 0 spiro atoms. The summed E-state index contributed by atoms with van der Waals surface area (Å²) < 4.78 is 15.4. The molecular weight excluding hydrogens is 1730 g/mol. The van der Waals surface area contributed by atoms with Crippen LogP contribution in [0.5, 0.6) is 11.5 Å². The normalized spacial score (nSPS) is 22.4. The molecule has 704 valence electrons. The number of carbonyl (C=O) groups is 15. The third kappa shape index (κ3) is 31.1. The van der Waals surface area contributed by atoms with Crippen LogP contribution in [0.3, 0.4) is 0 Å². The lowest BCUT2D eigenvalue weighted by molar-refractivity contribution is -0.151. The monoisotopic (exact) mass is 1850 g/mol. The van der Waals surface area contributed by atoms with Crippen LogP contribution in [-0.2, 0) is 110 Å². The summed E-state index contributed by atoms with van der Waals surface area (Å²) in [5.74, 6) is -17.9. The van der Waals surface area contributed by atoms with Crippen molar-refractivity contribution in [3.63, 3.8) is 0 Å². The summed E-state index contributed by atoms with van der Waals surface area (Å²) in [7, 11) is 6.37. The minimum atomic E-state index is -1.93. The predicted octanol–water partition coefficient (Wildman–Crippen LogP) is 2.91. The van der Waals surface area contributed by atoms with Crippen molar-refractivity contribution in [2.24, 2.45) is 17.6 Å². The molecule has 12 unspecified atom stereocenters. The average Bonchev–Trinajstić information content (AvgIpc) is 1.80. The lowest BCUT2D eigenvalue weighted by Gasteiger charge is -2.37. The Morgan fingerprint density at radius 2 is 1.05 bits per heavy atom. The minimum absolute atomic E-state index is 0.0142. The predicted molar refractivity (Wildman–Crippen MR) is 488 cm³/mol. The Morgan fingerprint density at radius 3 is 1.63 bits per heavy atom. The van der Waals surface area contributed by atoms with E-state index in [4.69, 9.17) is 17.3 Å². The standard InChI is InChI=1S/C93H118ClFN16O19S/c1-11-12-27-74-91(128)108(7)50-79(116)100-70(46-81(118)119)87(124)106-82(54(4)5)93(130)110(9)75(43-55-21-15-13-16-22-55)88(125)104-71(41-58-30-35-62(113)36-31-58)89(126)107(6)49-78(115)99-69(45-60-47-97-66-26-20-19-25-63(60)66)86(123)103-68(40-57-28-33-61(112)34-29-57)85(122)102-67(38-53(2)3)84(121)105-73(83(120)98-48-77(96)114)51-131-52-80(117)101-72(42-59-32-37-64(94)65(95)39-59)90(127)111(10)76(92(129)109(74)8)44-56-23-17-14-18-24-56/h13-26,28-37,39,47,53-54,67-76,82,85,97,102,112-113,122H,11-12,27,38,40-46,48-52H2,1-10H3,(H2,96,114)(H,98,120)(H,99,115)(H,100,116)(H,101,117)(H,103,123)(H,104,125)(H,105,121)(H,106,124)(H,118,119). The topological polar surface area (TPSA) is 503 Å². The van der Waals surface area contributed by atoms with Crippen LogP contribution in [0.1, 0.15) is 100 Å². The van der Waals surface area contributed by atoms with Crippen molar-refractivity contribution >= 4 is 123 Å². The summed E-state index contributed by atoms with van der Waals surface area (Å²) in [6, 6.07) is 22.0. The van der Waals surface area contributed by atoms with Gasteiger partial charge in [0.1, 0.15) is 77.9 Å². The summed E-state index contributed by atoms with van der Waals surface area (Å²) in [4.78, 5) is 228. The van der Waals surface area contributed by atoms with Gasteiger partial charge in [-0.05, 0) is 107 Å². The van der Waals surface area contributed by atoms with Gasteiger partial charge < -0.3 is 98.2 Å². The molecule has 16 N–H and O–H groups in total. The van der Waals surface area contributed by atoms with E-state index in [1.54, 1.807) is 119 Å². The first-order valence-electron chi connectivity index (χ1n) is 43.0. The van der Waals surface area contributed by atoms with Gasteiger partial charge in [-0.15, -0.1) is 11.8 Å². The molecule has 38 heteroatoms. The molecule has 0 saturated carbocycles. The molecule has 7 aromatic rings. The van der Waals surface area contributed by atoms with Crippen LogP contribution in [0, 0.1) is 17.7 Å². The number of primary amides is 1. The van der Waals surface area contributed by atoms with Crippen LogP contribution in [0.4, 0.5) is 4.39 Å². The van der Waals surface area contributed by atoms with E-state index in [0.717, 1.165) is 42.3 Å². The number of unbranched alkanes of at least 4 members (excludes halogenated alkanes) is 1. The summed E-state index contributed by atoms with van der Waals surface area (Å²) in [5, 5.41) is 68.1. The van der Waals surface area contributed by atoms with Crippen LogP contribution in [0.2, 0.25) is 5.02 Å². The van der Waals surface area contributed by atoms with Gasteiger partial charge in [0.15, 0.2) is 0 Å². The van der Waals surface area contributed by atoms with Crippen LogP contribution in [0.15, 0.2) is 158 Å². The van der Waals surface area contributed by atoms with Crippen molar-refractivity contribution in [2.45, 2.75) is 178 Å². The number of phenols is 2. The number of rotatable bonds is 23. The number of benzene rings is 6. The molecular formula is C93H118ClFN16O19S. The van der Waals surface area contributed by atoms with E-state index < -0.39 is 217 Å². The molecule has 131 heavy (non-hydrogen) atoms. The van der Waals surface area contributed by atoms with Crippen molar-refractivity contribution in [1.29, 1.82) is 0 Å². The maximum absolute atomic E-state index is 15.5. The highest BCUT2D eigenvalue weighted by atomic mass is 35.5. The molecule has 6 aromatic carbocycles. The second-order valence-electron chi connectivity index (χ2n) is 33.5. The number of amides is 14. The summed E-state index contributed by atoms with van der Waals surface area (Å²) in [6.45, 7) is 6.09. The Balaban J connectivity index is 1.22. The van der Waals surface area contributed by atoms with Gasteiger partial charge in [-0.25, -0.2) is 4.39 Å². The molecule has 2 heterocycles. The van der Waals surface area contributed by atoms with E-state index in [1.165, 1.54) is 95.9 Å². The summed E-state index contributed by atoms with van der Waals surface area (Å²) >= 11 is 6.90. The molecule has 0 radical (unpaired) electrons. The molecule has 35 nitrogen and oxygen atoms in total. The van der Waals surface area contributed by atoms with Crippen LogP contribution in [0.25, 0.3) is 10.9 Å². The summed E-state index contributed by atoms with van der Waals surface area (Å²) in [5.41, 5.74) is 8.66. The maximum Gasteiger partial charge on any atom is 0.305 e.